The van der Waals surface area contributed by atoms with Gasteiger partial charge in [-0.15, -0.1) is 0 Å². The smallest absolute Gasteiger partial charge is 0.272 e. The molecule has 1 unspecified atom stereocenters. The molecule has 0 saturated carbocycles. The Morgan fingerprint density at radius 3 is 2.68 bits per heavy atom. The number of carbonyl (C=O) groups excluding carboxylic acids is 1. The first-order valence-corrected chi connectivity index (χ1v) is 9.88. The predicted molar refractivity (Wildman–Crippen MR) is 93.4 cm³/mol. The zero-order valence-electron chi connectivity index (χ0n) is 14.2. The zero-order chi connectivity index (χ0) is 18.0. The molecule has 0 radical (unpaired) electrons. The predicted octanol–water partition coefficient (Wildman–Crippen LogP) is 1.49. The first-order valence-electron chi connectivity index (χ1n) is 8.05. The van der Waals surface area contributed by atoms with Crippen LogP contribution in [0.1, 0.15) is 34.2 Å². The number of nitrogens with zero attached hydrogens (tertiary/aromatic N) is 2. The highest BCUT2D eigenvalue weighted by molar-refractivity contribution is 7.91. The molecule has 0 bridgehead atoms. The summed E-state index contributed by atoms with van der Waals surface area (Å²) in [6.45, 7) is 2.21. The van der Waals surface area contributed by atoms with E-state index in [0.717, 1.165) is 17.0 Å². The van der Waals surface area contributed by atoms with Crippen molar-refractivity contribution in [2.75, 3.05) is 18.6 Å². The summed E-state index contributed by atoms with van der Waals surface area (Å²) in [7, 11) is -1.39. The van der Waals surface area contributed by atoms with E-state index in [2.05, 4.69) is 10.4 Å². The van der Waals surface area contributed by atoms with Crippen LogP contribution in [0.3, 0.4) is 0 Å². The highest BCUT2D eigenvalue weighted by atomic mass is 32.2. The maximum absolute atomic E-state index is 12.3. The monoisotopic (exact) mass is 363 g/mol. The minimum atomic E-state index is -3.00. The van der Waals surface area contributed by atoms with Gasteiger partial charge in [0.05, 0.1) is 24.7 Å². The molecule has 7 nitrogen and oxygen atoms in total. The molecule has 1 amide bonds. The van der Waals surface area contributed by atoms with E-state index in [1.165, 1.54) is 0 Å². The largest absolute Gasteiger partial charge is 0.497 e. The Kier molecular flexibility index (Phi) is 4.80. The Labute approximate surface area is 146 Å². The van der Waals surface area contributed by atoms with Crippen LogP contribution in [0.15, 0.2) is 30.3 Å². The van der Waals surface area contributed by atoms with E-state index in [4.69, 9.17) is 4.74 Å². The first kappa shape index (κ1) is 17.5. The summed E-state index contributed by atoms with van der Waals surface area (Å²) in [5, 5.41) is 7.14. The second kappa shape index (κ2) is 6.87. The Morgan fingerprint density at radius 1 is 1.36 bits per heavy atom. The Bertz CT molecular complexity index is 872. The van der Waals surface area contributed by atoms with Crippen LogP contribution in [0.25, 0.3) is 0 Å². The quantitative estimate of drug-likeness (QED) is 0.869. The average Bonchev–Trinajstić information content (AvgIpc) is 3.15. The number of carbonyl (C=O) groups is 1. The van der Waals surface area contributed by atoms with Gasteiger partial charge >= 0.3 is 0 Å². The number of rotatable bonds is 5. The van der Waals surface area contributed by atoms with E-state index < -0.39 is 9.84 Å². The number of aryl methyl sites for hydroxylation is 1. The molecule has 1 N–H and O–H groups in total. The molecule has 1 aliphatic heterocycles. The van der Waals surface area contributed by atoms with Gasteiger partial charge in [0, 0.05) is 12.2 Å². The van der Waals surface area contributed by atoms with Crippen molar-refractivity contribution >= 4 is 15.7 Å². The van der Waals surface area contributed by atoms with Gasteiger partial charge in [0.1, 0.15) is 11.4 Å². The van der Waals surface area contributed by atoms with Gasteiger partial charge < -0.3 is 10.1 Å². The maximum atomic E-state index is 12.3. The van der Waals surface area contributed by atoms with Crippen LogP contribution in [-0.4, -0.2) is 42.7 Å². The summed E-state index contributed by atoms with van der Waals surface area (Å²) in [4.78, 5) is 12.3. The van der Waals surface area contributed by atoms with Crippen molar-refractivity contribution in [3.8, 4) is 5.75 Å². The highest BCUT2D eigenvalue weighted by Crippen LogP contribution is 2.24. The van der Waals surface area contributed by atoms with Crippen LogP contribution in [0, 0.1) is 6.92 Å². The molecule has 1 aliphatic rings. The van der Waals surface area contributed by atoms with E-state index in [1.54, 1.807) is 17.9 Å². The molecule has 0 aliphatic carbocycles. The van der Waals surface area contributed by atoms with Gasteiger partial charge in [-0.05, 0) is 37.1 Å². The molecule has 1 fully saturated rings. The van der Waals surface area contributed by atoms with E-state index in [0.29, 0.717) is 18.7 Å². The fraction of sp³-hybridized carbons (Fsp3) is 0.412. The molecule has 134 valence electrons. The number of nitrogens with one attached hydrogen (secondary N) is 1. The van der Waals surface area contributed by atoms with E-state index in [1.807, 2.05) is 31.2 Å². The molecule has 1 saturated heterocycles. The van der Waals surface area contributed by atoms with Crippen molar-refractivity contribution in [2.24, 2.45) is 0 Å². The minimum Gasteiger partial charge on any atom is -0.497 e. The van der Waals surface area contributed by atoms with Gasteiger partial charge in [0.15, 0.2) is 9.84 Å². The lowest BCUT2D eigenvalue weighted by molar-refractivity contribution is 0.0945. The molecule has 2 heterocycles. The second-order valence-electron chi connectivity index (χ2n) is 6.20. The molecule has 8 heteroatoms. The van der Waals surface area contributed by atoms with Crippen LogP contribution in [0.4, 0.5) is 0 Å². The van der Waals surface area contributed by atoms with Gasteiger partial charge in [0.2, 0.25) is 0 Å². The molecule has 0 spiro atoms. The number of benzene rings is 1. The van der Waals surface area contributed by atoms with Gasteiger partial charge in [-0.25, -0.2) is 8.42 Å². The van der Waals surface area contributed by atoms with E-state index in [9.17, 15) is 13.2 Å². The molecular formula is C17H21N3O4S. The van der Waals surface area contributed by atoms with Crippen LogP contribution < -0.4 is 10.1 Å². The zero-order valence-corrected chi connectivity index (χ0v) is 15.0. The third-order valence-electron chi connectivity index (χ3n) is 4.32. The molecule has 2 aromatic rings. The fourth-order valence-electron chi connectivity index (χ4n) is 2.95. The van der Waals surface area contributed by atoms with Crippen LogP contribution >= 0.6 is 0 Å². The van der Waals surface area contributed by atoms with Gasteiger partial charge in [-0.3, -0.25) is 9.48 Å². The van der Waals surface area contributed by atoms with Crippen molar-refractivity contribution < 1.29 is 17.9 Å². The summed E-state index contributed by atoms with van der Waals surface area (Å²) < 4.78 is 30.0. The number of sulfone groups is 1. The number of methoxy groups -OCH3 is 1. The Balaban J connectivity index is 1.65. The molecule has 3 rings (SSSR count). The second-order valence-corrected chi connectivity index (χ2v) is 8.43. The summed E-state index contributed by atoms with van der Waals surface area (Å²) in [6.07, 6.45) is 0.539. The van der Waals surface area contributed by atoms with Gasteiger partial charge in [-0.1, -0.05) is 12.1 Å². The summed E-state index contributed by atoms with van der Waals surface area (Å²) in [6, 6.07) is 8.93. The molecule has 1 aromatic heterocycles. The number of ether oxygens (including phenoxy) is 1. The average molecular weight is 363 g/mol. The highest BCUT2D eigenvalue weighted by Gasteiger charge is 2.31. The van der Waals surface area contributed by atoms with Crippen molar-refractivity contribution in [3.05, 3.63) is 47.3 Å². The van der Waals surface area contributed by atoms with Crippen molar-refractivity contribution in [3.63, 3.8) is 0 Å². The number of hydrogen-bond donors (Lipinski definition) is 1. The lowest BCUT2D eigenvalue weighted by Gasteiger charge is -2.10. The van der Waals surface area contributed by atoms with Gasteiger partial charge in [-0.2, -0.15) is 5.10 Å². The molecule has 1 atom stereocenters. The summed E-state index contributed by atoms with van der Waals surface area (Å²) in [5.41, 5.74) is 2.04. The Hall–Kier alpha value is -2.35. The lowest BCUT2D eigenvalue weighted by atomic mass is 10.2. The summed E-state index contributed by atoms with van der Waals surface area (Å²) in [5.74, 6) is 0.743. The van der Waals surface area contributed by atoms with Crippen molar-refractivity contribution in [1.29, 1.82) is 0 Å². The topological polar surface area (TPSA) is 90.3 Å². The van der Waals surface area contributed by atoms with Gasteiger partial charge in [0.25, 0.3) is 5.91 Å². The number of amides is 1. The Morgan fingerprint density at radius 2 is 2.08 bits per heavy atom. The third kappa shape index (κ3) is 4.01. The standard InChI is InChI=1S/C17H21N3O4S/c1-12-9-16(19-20(12)14-7-8-25(22,23)11-14)17(21)18-10-13-3-5-15(24-2)6-4-13/h3-6,9,14H,7-8,10-11H2,1-2H3,(H,18,21). The minimum absolute atomic E-state index is 0.0857. The van der Waals surface area contributed by atoms with Crippen molar-refractivity contribution in [2.45, 2.75) is 25.9 Å². The van der Waals surface area contributed by atoms with E-state index in [-0.39, 0.29) is 23.5 Å². The number of aromatic nitrogens is 2. The molecule has 1 aromatic carbocycles. The molecular weight excluding hydrogens is 342 g/mol. The van der Waals surface area contributed by atoms with Crippen LogP contribution in [-0.2, 0) is 16.4 Å². The number of hydrogen-bond acceptors (Lipinski definition) is 5. The van der Waals surface area contributed by atoms with Crippen LogP contribution in [0.5, 0.6) is 5.75 Å². The third-order valence-corrected chi connectivity index (χ3v) is 6.07. The lowest BCUT2D eigenvalue weighted by Crippen LogP contribution is -2.24. The molecule has 25 heavy (non-hydrogen) atoms. The summed E-state index contributed by atoms with van der Waals surface area (Å²) >= 11 is 0. The van der Waals surface area contributed by atoms with E-state index >= 15 is 0 Å². The fourth-order valence-corrected chi connectivity index (χ4v) is 4.64. The van der Waals surface area contributed by atoms with Crippen LogP contribution in [0.2, 0.25) is 0 Å². The van der Waals surface area contributed by atoms with Crippen molar-refractivity contribution in [1.82, 2.24) is 15.1 Å². The first-order chi connectivity index (χ1) is 11.9. The maximum Gasteiger partial charge on any atom is 0.272 e. The SMILES string of the molecule is COc1ccc(CNC(=O)c2cc(C)n(C3CCS(=O)(=O)C3)n2)cc1. The normalized spacial score (nSPS) is 18.9.